The molecular weight excluding hydrogens is 216 g/mol. The summed E-state index contributed by atoms with van der Waals surface area (Å²) in [6, 6.07) is 7.92. The SMILES string of the molecule is CCOc1ccc(C(NN)C(CC)OC)cc1. The summed E-state index contributed by atoms with van der Waals surface area (Å²) in [6.45, 7) is 4.72. The minimum atomic E-state index is 0.000626. The zero-order chi connectivity index (χ0) is 12.7. The average molecular weight is 238 g/mol. The summed E-state index contributed by atoms with van der Waals surface area (Å²) in [6.07, 6.45) is 0.969. The summed E-state index contributed by atoms with van der Waals surface area (Å²) in [5, 5.41) is 0. The second-order valence-corrected chi connectivity index (χ2v) is 3.83. The van der Waals surface area contributed by atoms with Crippen LogP contribution < -0.4 is 16.0 Å². The lowest BCUT2D eigenvalue weighted by molar-refractivity contribution is 0.0651. The highest BCUT2D eigenvalue weighted by molar-refractivity contribution is 5.29. The van der Waals surface area contributed by atoms with Crippen molar-refractivity contribution in [3.8, 4) is 5.75 Å². The first-order valence-electron chi connectivity index (χ1n) is 5.98. The number of rotatable bonds is 7. The van der Waals surface area contributed by atoms with Gasteiger partial charge in [0.15, 0.2) is 0 Å². The third-order valence-corrected chi connectivity index (χ3v) is 2.81. The average Bonchev–Trinajstić information content (AvgIpc) is 2.37. The quantitative estimate of drug-likeness (QED) is 0.563. The maximum absolute atomic E-state index is 5.59. The van der Waals surface area contributed by atoms with Gasteiger partial charge in [-0.2, -0.15) is 0 Å². The molecule has 4 nitrogen and oxygen atoms in total. The molecular formula is C13H22N2O2. The highest BCUT2D eigenvalue weighted by Gasteiger charge is 2.19. The van der Waals surface area contributed by atoms with Crippen LogP contribution in [0.4, 0.5) is 0 Å². The number of hydrazine groups is 1. The minimum Gasteiger partial charge on any atom is -0.494 e. The molecule has 1 aromatic rings. The maximum atomic E-state index is 5.59. The molecule has 17 heavy (non-hydrogen) atoms. The van der Waals surface area contributed by atoms with Crippen molar-refractivity contribution in [2.75, 3.05) is 13.7 Å². The maximum Gasteiger partial charge on any atom is 0.119 e. The van der Waals surface area contributed by atoms with Crippen LogP contribution in [0.3, 0.4) is 0 Å². The predicted molar refractivity (Wildman–Crippen MR) is 68.8 cm³/mol. The molecule has 0 spiro atoms. The summed E-state index contributed by atoms with van der Waals surface area (Å²) in [5.41, 5.74) is 3.91. The van der Waals surface area contributed by atoms with Crippen LogP contribution in [0.15, 0.2) is 24.3 Å². The lowest BCUT2D eigenvalue weighted by atomic mass is 10.00. The van der Waals surface area contributed by atoms with Gasteiger partial charge in [-0.15, -0.1) is 0 Å². The molecule has 0 radical (unpaired) electrons. The molecule has 0 aliphatic carbocycles. The van der Waals surface area contributed by atoms with E-state index < -0.39 is 0 Å². The Morgan fingerprint density at radius 2 is 1.88 bits per heavy atom. The fraction of sp³-hybridized carbons (Fsp3) is 0.538. The molecule has 0 aliphatic rings. The van der Waals surface area contributed by atoms with E-state index in [-0.39, 0.29) is 12.1 Å². The largest absolute Gasteiger partial charge is 0.494 e. The van der Waals surface area contributed by atoms with Crippen molar-refractivity contribution in [2.24, 2.45) is 5.84 Å². The molecule has 0 aliphatic heterocycles. The molecule has 2 atom stereocenters. The third kappa shape index (κ3) is 3.70. The Kier molecular flexibility index (Phi) is 5.97. The van der Waals surface area contributed by atoms with E-state index in [0.29, 0.717) is 6.61 Å². The Labute approximate surface area is 103 Å². The van der Waals surface area contributed by atoms with Crippen molar-refractivity contribution in [2.45, 2.75) is 32.4 Å². The first-order chi connectivity index (χ1) is 8.26. The molecule has 0 aromatic heterocycles. The van der Waals surface area contributed by atoms with E-state index in [2.05, 4.69) is 12.3 Å². The van der Waals surface area contributed by atoms with Gasteiger partial charge in [-0.25, -0.2) is 0 Å². The molecule has 96 valence electrons. The minimum absolute atomic E-state index is 0.000626. The summed E-state index contributed by atoms with van der Waals surface area (Å²) in [7, 11) is 1.70. The number of nitrogens with one attached hydrogen (secondary N) is 1. The monoisotopic (exact) mass is 238 g/mol. The molecule has 0 fully saturated rings. The van der Waals surface area contributed by atoms with Gasteiger partial charge in [-0.3, -0.25) is 11.3 Å². The molecule has 4 heteroatoms. The van der Waals surface area contributed by atoms with Crippen molar-refractivity contribution in [1.29, 1.82) is 0 Å². The number of hydrogen-bond donors (Lipinski definition) is 2. The van der Waals surface area contributed by atoms with Crippen molar-refractivity contribution in [3.63, 3.8) is 0 Å². The highest BCUT2D eigenvalue weighted by atomic mass is 16.5. The van der Waals surface area contributed by atoms with Crippen LogP contribution in [0.1, 0.15) is 31.9 Å². The molecule has 0 saturated heterocycles. The van der Waals surface area contributed by atoms with Gasteiger partial charge in [-0.05, 0) is 31.0 Å². The number of methoxy groups -OCH3 is 1. The molecule has 1 aromatic carbocycles. The van der Waals surface area contributed by atoms with Gasteiger partial charge < -0.3 is 9.47 Å². The Morgan fingerprint density at radius 1 is 1.24 bits per heavy atom. The van der Waals surface area contributed by atoms with Gasteiger partial charge >= 0.3 is 0 Å². The van der Waals surface area contributed by atoms with Gasteiger partial charge in [0.2, 0.25) is 0 Å². The van der Waals surface area contributed by atoms with E-state index >= 15 is 0 Å². The highest BCUT2D eigenvalue weighted by Crippen LogP contribution is 2.22. The fourth-order valence-corrected chi connectivity index (χ4v) is 1.89. The van der Waals surface area contributed by atoms with Gasteiger partial charge in [0.05, 0.1) is 18.8 Å². The topological polar surface area (TPSA) is 56.5 Å². The van der Waals surface area contributed by atoms with Crippen LogP contribution in [0.5, 0.6) is 5.75 Å². The van der Waals surface area contributed by atoms with Crippen molar-refractivity contribution >= 4 is 0 Å². The zero-order valence-corrected chi connectivity index (χ0v) is 10.8. The second-order valence-electron chi connectivity index (χ2n) is 3.83. The third-order valence-electron chi connectivity index (χ3n) is 2.81. The van der Waals surface area contributed by atoms with Gasteiger partial charge in [0, 0.05) is 7.11 Å². The molecule has 0 amide bonds. The number of ether oxygens (including phenoxy) is 2. The lowest BCUT2D eigenvalue weighted by Gasteiger charge is -2.24. The van der Waals surface area contributed by atoms with Crippen LogP contribution in [0, 0.1) is 0 Å². The lowest BCUT2D eigenvalue weighted by Crippen LogP contribution is -2.37. The van der Waals surface area contributed by atoms with Crippen LogP contribution in [0.25, 0.3) is 0 Å². The molecule has 2 unspecified atom stereocenters. The number of benzene rings is 1. The predicted octanol–water partition coefficient (Wildman–Crippen LogP) is 2.01. The fourth-order valence-electron chi connectivity index (χ4n) is 1.89. The molecule has 0 saturated carbocycles. The second kappa shape index (κ2) is 7.27. The Morgan fingerprint density at radius 3 is 2.29 bits per heavy atom. The van der Waals surface area contributed by atoms with Gasteiger partial charge in [0.25, 0.3) is 0 Å². The van der Waals surface area contributed by atoms with E-state index in [0.717, 1.165) is 17.7 Å². The summed E-state index contributed by atoms with van der Waals surface area (Å²) in [5.74, 6) is 6.46. The molecule has 1 rings (SSSR count). The first-order valence-corrected chi connectivity index (χ1v) is 5.98. The van der Waals surface area contributed by atoms with Crippen molar-refractivity contribution in [3.05, 3.63) is 29.8 Å². The normalized spacial score (nSPS) is 14.4. The number of hydrogen-bond acceptors (Lipinski definition) is 4. The van der Waals surface area contributed by atoms with Crippen LogP contribution in [-0.4, -0.2) is 19.8 Å². The first kappa shape index (κ1) is 14.0. The van der Waals surface area contributed by atoms with E-state index in [9.17, 15) is 0 Å². The molecule has 0 heterocycles. The van der Waals surface area contributed by atoms with Crippen LogP contribution in [0.2, 0.25) is 0 Å². The Bertz CT molecular complexity index is 310. The van der Waals surface area contributed by atoms with E-state index in [1.807, 2.05) is 31.2 Å². The number of nitrogens with two attached hydrogens (primary N) is 1. The van der Waals surface area contributed by atoms with Crippen molar-refractivity contribution < 1.29 is 9.47 Å². The summed E-state index contributed by atoms with van der Waals surface area (Å²) >= 11 is 0. The summed E-state index contributed by atoms with van der Waals surface area (Å²) in [4.78, 5) is 0. The zero-order valence-electron chi connectivity index (χ0n) is 10.8. The standard InChI is InChI=1S/C13H22N2O2/c1-4-12(16-3)13(15-14)10-6-8-11(9-7-10)17-5-2/h6-9,12-13,15H,4-5,14H2,1-3H3. The van der Waals surface area contributed by atoms with E-state index in [1.165, 1.54) is 0 Å². The van der Waals surface area contributed by atoms with Crippen LogP contribution >= 0.6 is 0 Å². The smallest absolute Gasteiger partial charge is 0.119 e. The van der Waals surface area contributed by atoms with Gasteiger partial charge in [-0.1, -0.05) is 19.1 Å². The molecule has 3 N–H and O–H groups in total. The molecule has 0 bridgehead atoms. The van der Waals surface area contributed by atoms with E-state index in [1.54, 1.807) is 7.11 Å². The van der Waals surface area contributed by atoms with E-state index in [4.69, 9.17) is 15.3 Å². The van der Waals surface area contributed by atoms with Gasteiger partial charge in [0.1, 0.15) is 5.75 Å². The van der Waals surface area contributed by atoms with Crippen LogP contribution in [-0.2, 0) is 4.74 Å². The Balaban J connectivity index is 2.81. The summed E-state index contributed by atoms with van der Waals surface area (Å²) < 4.78 is 10.8. The van der Waals surface area contributed by atoms with Crippen molar-refractivity contribution in [1.82, 2.24) is 5.43 Å². The Hall–Kier alpha value is -1.10.